The maximum atomic E-state index is 13.1. The maximum Gasteiger partial charge on any atom is 0.339 e. The molecule has 1 aliphatic rings. The van der Waals surface area contributed by atoms with Gasteiger partial charge in [0.1, 0.15) is 0 Å². The molecule has 0 amide bonds. The quantitative estimate of drug-likeness (QED) is 0.646. The minimum atomic E-state index is -0.329. The highest BCUT2D eigenvalue weighted by Crippen LogP contribution is 2.32. The van der Waals surface area contributed by atoms with Gasteiger partial charge in [-0.3, -0.25) is 4.98 Å². The monoisotopic (exact) mass is 365 g/mol. The number of benzene rings is 1. The van der Waals surface area contributed by atoms with Gasteiger partial charge in [0.05, 0.1) is 11.1 Å². The number of rotatable bonds is 5. The Balaban J connectivity index is 1.68. The van der Waals surface area contributed by atoms with E-state index in [9.17, 15) is 4.79 Å². The maximum absolute atomic E-state index is 13.1. The van der Waals surface area contributed by atoms with E-state index in [-0.39, 0.29) is 12.6 Å². The molecule has 140 valence electrons. The number of nitrogens with zero attached hydrogens (tertiary/aromatic N) is 5. The van der Waals surface area contributed by atoms with Crippen molar-refractivity contribution in [3.8, 4) is 0 Å². The van der Waals surface area contributed by atoms with Gasteiger partial charge in [-0.25, -0.2) is 9.48 Å². The summed E-state index contributed by atoms with van der Waals surface area (Å²) in [5, 5.41) is 12.4. The lowest BCUT2D eigenvalue weighted by molar-refractivity contribution is 0.0456. The van der Waals surface area contributed by atoms with Crippen molar-refractivity contribution in [1.82, 2.24) is 25.2 Å². The van der Waals surface area contributed by atoms with E-state index in [0.717, 1.165) is 47.8 Å². The first kappa shape index (κ1) is 17.6. The number of para-hydroxylation sites is 1. The van der Waals surface area contributed by atoms with Crippen molar-refractivity contribution in [2.24, 2.45) is 5.92 Å². The summed E-state index contributed by atoms with van der Waals surface area (Å²) in [6, 6.07) is 7.77. The number of pyridine rings is 1. The van der Waals surface area contributed by atoms with E-state index >= 15 is 0 Å². The van der Waals surface area contributed by atoms with Crippen molar-refractivity contribution in [2.45, 2.75) is 52.7 Å². The lowest BCUT2D eigenvalue weighted by Gasteiger charge is -2.24. The van der Waals surface area contributed by atoms with Crippen LogP contribution < -0.4 is 0 Å². The van der Waals surface area contributed by atoms with Gasteiger partial charge in [0.2, 0.25) is 0 Å². The predicted octanol–water partition coefficient (Wildman–Crippen LogP) is 3.11. The van der Waals surface area contributed by atoms with E-state index in [4.69, 9.17) is 9.72 Å². The van der Waals surface area contributed by atoms with Crippen LogP contribution >= 0.6 is 0 Å². The topological polar surface area (TPSA) is 82.8 Å². The van der Waals surface area contributed by atoms with Gasteiger partial charge >= 0.3 is 5.97 Å². The molecule has 27 heavy (non-hydrogen) atoms. The van der Waals surface area contributed by atoms with Gasteiger partial charge in [0.25, 0.3) is 0 Å². The number of ether oxygens (including phenoxy) is 1. The van der Waals surface area contributed by atoms with Crippen molar-refractivity contribution in [3.63, 3.8) is 0 Å². The summed E-state index contributed by atoms with van der Waals surface area (Å²) in [5.74, 6) is 0.764. The zero-order valence-electron chi connectivity index (χ0n) is 15.7. The zero-order chi connectivity index (χ0) is 18.8. The summed E-state index contributed by atoms with van der Waals surface area (Å²) in [4.78, 5) is 17.9. The summed E-state index contributed by atoms with van der Waals surface area (Å²) in [6.45, 7) is 5.03. The molecule has 1 aromatic carbocycles. The molecule has 1 atom stereocenters. The molecule has 7 nitrogen and oxygen atoms in total. The number of hydrogen-bond donors (Lipinski definition) is 0. The van der Waals surface area contributed by atoms with Gasteiger partial charge in [0.15, 0.2) is 12.4 Å². The highest BCUT2D eigenvalue weighted by molar-refractivity contribution is 6.05. The number of aryl methyl sites for hydroxylation is 2. The van der Waals surface area contributed by atoms with Gasteiger partial charge in [-0.15, -0.1) is 5.10 Å². The number of carbonyl (C=O) groups excluding carboxylic acids is 1. The fourth-order valence-corrected chi connectivity index (χ4v) is 3.71. The van der Waals surface area contributed by atoms with Gasteiger partial charge in [-0.2, -0.15) is 0 Å². The summed E-state index contributed by atoms with van der Waals surface area (Å²) in [6.07, 6.45) is 3.76. The summed E-state index contributed by atoms with van der Waals surface area (Å²) < 4.78 is 7.31. The molecule has 2 aromatic heterocycles. The first-order chi connectivity index (χ1) is 13.2. The molecule has 0 aliphatic heterocycles. The van der Waals surface area contributed by atoms with Crippen LogP contribution in [0.5, 0.6) is 0 Å². The van der Waals surface area contributed by atoms with Crippen LogP contribution in [0.1, 0.15) is 54.1 Å². The highest BCUT2D eigenvalue weighted by atomic mass is 16.5. The lowest BCUT2D eigenvalue weighted by Crippen LogP contribution is -2.20. The van der Waals surface area contributed by atoms with E-state index in [1.165, 1.54) is 0 Å². The van der Waals surface area contributed by atoms with E-state index < -0.39 is 0 Å². The average Bonchev–Trinajstić information content (AvgIpc) is 3.12. The van der Waals surface area contributed by atoms with Gasteiger partial charge in [0, 0.05) is 17.6 Å². The van der Waals surface area contributed by atoms with Crippen molar-refractivity contribution < 1.29 is 9.53 Å². The normalized spacial score (nSPS) is 16.3. The van der Waals surface area contributed by atoms with E-state index in [0.29, 0.717) is 23.9 Å². The highest BCUT2D eigenvalue weighted by Gasteiger charge is 2.26. The largest absolute Gasteiger partial charge is 0.454 e. The van der Waals surface area contributed by atoms with E-state index in [2.05, 4.69) is 22.4 Å². The van der Waals surface area contributed by atoms with E-state index in [1.807, 2.05) is 31.2 Å². The minimum absolute atomic E-state index is 0.0623. The molecule has 0 fully saturated rings. The number of tetrazole rings is 1. The van der Waals surface area contributed by atoms with Crippen LogP contribution in [0.4, 0.5) is 0 Å². The Kier molecular flexibility index (Phi) is 4.83. The van der Waals surface area contributed by atoms with Crippen LogP contribution in [0.2, 0.25) is 0 Å². The van der Waals surface area contributed by atoms with E-state index in [1.54, 1.807) is 4.68 Å². The smallest absolute Gasteiger partial charge is 0.339 e. The number of esters is 1. The second-order valence-electron chi connectivity index (χ2n) is 7.17. The Hall–Kier alpha value is -2.83. The first-order valence-electron chi connectivity index (χ1n) is 9.50. The molecule has 2 heterocycles. The molecule has 3 aromatic rings. The van der Waals surface area contributed by atoms with Crippen LogP contribution in [-0.2, 0) is 30.7 Å². The molecule has 1 unspecified atom stereocenters. The fraction of sp³-hybridized carbons (Fsp3) is 0.450. The Morgan fingerprint density at radius 3 is 3.04 bits per heavy atom. The molecular weight excluding hydrogens is 342 g/mol. The molecule has 0 radical (unpaired) electrons. The molecular formula is C20H23N5O2. The number of aromatic nitrogens is 5. The molecule has 0 spiro atoms. The minimum Gasteiger partial charge on any atom is -0.454 e. The van der Waals surface area contributed by atoms with Crippen molar-refractivity contribution in [1.29, 1.82) is 0 Å². The summed E-state index contributed by atoms with van der Waals surface area (Å²) in [5.41, 5.74) is 3.55. The van der Waals surface area contributed by atoms with Crippen molar-refractivity contribution >= 4 is 16.9 Å². The van der Waals surface area contributed by atoms with Crippen molar-refractivity contribution in [3.05, 3.63) is 46.9 Å². The molecule has 0 bridgehead atoms. The second kappa shape index (κ2) is 7.42. The standard InChI is InChI=1S/C20H23N5O2/c1-3-10-25-18(22-23-24-25)12-27-20(26)19-14-6-4-5-7-16(14)21-17-9-8-13(2)11-15(17)19/h4-7,13H,3,8-12H2,1-2H3. The van der Waals surface area contributed by atoms with Crippen LogP contribution in [0.15, 0.2) is 24.3 Å². The Labute approximate surface area is 157 Å². The third-order valence-electron chi connectivity index (χ3n) is 5.08. The Bertz CT molecular complexity index is 982. The first-order valence-corrected chi connectivity index (χ1v) is 9.50. The van der Waals surface area contributed by atoms with Gasteiger partial charge in [-0.1, -0.05) is 32.0 Å². The summed E-state index contributed by atoms with van der Waals surface area (Å²) in [7, 11) is 0. The lowest BCUT2D eigenvalue weighted by atomic mass is 9.84. The van der Waals surface area contributed by atoms with Crippen LogP contribution in [0, 0.1) is 5.92 Å². The van der Waals surface area contributed by atoms with Crippen LogP contribution in [0.25, 0.3) is 10.9 Å². The Morgan fingerprint density at radius 1 is 1.33 bits per heavy atom. The molecule has 0 saturated heterocycles. The average molecular weight is 365 g/mol. The Morgan fingerprint density at radius 2 is 2.19 bits per heavy atom. The number of hydrogen-bond acceptors (Lipinski definition) is 6. The van der Waals surface area contributed by atoms with Crippen LogP contribution in [-0.4, -0.2) is 31.2 Å². The molecule has 4 rings (SSSR count). The summed E-state index contributed by atoms with van der Waals surface area (Å²) >= 11 is 0. The molecule has 7 heteroatoms. The molecule has 0 N–H and O–H groups in total. The van der Waals surface area contributed by atoms with Gasteiger partial charge in [-0.05, 0) is 53.7 Å². The molecule has 1 aliphatic carbocycles. The second-order valence-corrected chi connectivity index (χ2v) is 7.17. The van der Waals surface area contributed by atoms with Crippen LogP contribution in [0.3, 0.4) is 0 Å². The number of fused-ring (bicyclic) bond motifs is 2. The molecule has 0 saturated carbocycles. The fourth-order valence-electron chi connectivity index (χ4n) is 3.71. The van der Waals surface area contributed by atoms with Crippen molar-refractivity contribution in [2.75, 3.05) is 0 Å². The zero-order valence-corrected chi connectivity index (χ0v) is 15.7. The predicted molar refractivity (Wildman–Crippen MR) is 100 cm³/mol. The number of carbonyl (C=O) groups is 1. The third kappa shape index (κ3) is 3.41. The third-order valence-corrected chi connectivity index (χ3v) is 5.08. The van der Waals surface area contributed by atoms with Gasteiger partial charge < -0.3 is 4.74 Å². The SMILES string of the molecule is CCCn1nnnc1COC(=O)c1c2c(nc3ccccc13)CCC(C)C2.